The minimum absolute atomic E-state index is 0.173. The number of carboxylic acids is 2. The minimum Gasteiger partial charge on any atom is -0.481 e. The number of carboxylic acid groups (broad SMARTS) is 2. The van der Waals surface area contributed by atoms with Crippen LogP contribution in [0.3, 0.4) is 0 Å². The van der Waals surface area contributed by atoms with Crippen molar-refractivity contribution in [3.05, 3.63) is 0 Å². The molecule has 0 saturated carbocycles. The van der Waals surface area contributed by atoms with Crippen LogP contribution in [0, 0.1) is 0 Å². The molecular weight excluding hydrogens is 388 g/mol. The van der Waals surface area contributed by atoms with Gasteiger partial charge in [-0.05, 0) is 26.8 Å². The molecule has 1 amide bonds. The van der Waals surface area contributed by atoms with E-state index in [1.54, 1.807) is 20.8 Å². The summed E-state index contributed by atoms with van der Waals surface area (Å²) in [6.07, 6.45) is -1.95. The molecule has 0 aliphatic carbocycles. The smallest absolute Gasteiger partial charge is 0.411 e. The molecule has 0 rings (SSSR count). The van der Waals surface area contributed by atoms with Gasteiger partial charge in [0.25, 0.3) is 0 Å². The van der Waals surface area contributed by atoms with Gasteiger partial charge in [-0.15, -0.1) is 0 Å². The fourth-order valence-electron chi connectivity index (χ4n) is 2.00. The van der Waals surface area contributed by atoms with Crippen molar-refractivity contribution in [1.82, 2.24) is 4.90 Å². The van der Waals surface area contributed by atoms with Crippen molar-refractivity contribution in [3.8, 4) is 0 Å². The van der Waals surface area contributed by atoms with Crippen molar-refractivity contribution in [1.29, 1.82) is 0 Å². The molecule has 11 heteroatoms. The molecule has 0 fully saturated rings. The molecule has 10 nitrogen and oxygen atoms in total. The number of hydrogen-bond acceptors (Lipinski definition) is 7. The highest BCUT2D eigenvalue weighted by molar-refractivity contribution is 6.76. The normalized spacial score (nSPS) is 14.0. The Hall–Kier alpha value is -2.14. The second kappa shape index (κ2) is 10.4. The molecule has 0 heterocycles. The molecule has 28 heavy (non-hydrogen) atoms. The number of nitrogens with zero attached hydrogens (tertiary/aromatic N) is 1. The highest BCUT2D eigenvalue weighted by atomic mass is 28.3. The molecule has 0 aliphatic rings. The first-order valence-corrected chi connectivity index (χ1v) is 12.6. The van der Waals surface area contributed by atoms with Crippen molar-refractivity contribution in [2.75, 3.05) is 13.2 Å². The van der Waals surface area contributed by atoms with Crippen LogP contribution in [0.2, 0.25) is 25.7 Å². The third-order valence-electron chi connectivity index (χ3n) is 3.45. The number of carbonyl (C=O) groups is 4. The third kappa shape index (κ3) is 10.9. The zero-order valence-electron chi connectivity index (χ0n) is 17.4. The van der Waals surface area contributed by atoms with Gasteiger partial charge >= 0.3 is 24.0 Å². The number of carbonyl (C=O) groups excluding carboxylic acids is 2. The number of ether oxygens (including phenoxy) is 2. The summed E-state index contributed by atoms with van der Waals surface area (Å²) in [4.78, 5) is 47.7. The van der Waals surface area contributed by atoms with E-state index < -0.39 is 62.7 Å². The topological polar surface area (TPSA) is 156 Å². The number of hydrogen-bond donors (Lipinski definition) is 3. The average molecular weight is 421 g/mol. The Labute approximate surface area is 166 Å². The molecule has 2 atom stereocenters. The monoisotopic (exact) mass is 420 g/mol. The molecule has 0 radical (unpaired) electrons. The summed E-state index contributed by atoms with van der Waals surface area (Å²) in [5, 5.41) is 18.3. The van der Waals surface area contributed by atoms with E-state index in [9.17, 15) is 24.3 Å². The van der Waals surface area contributed by atoms with Crippen LogP contribution < -0.4 is 5.73 Å². The van der Waals surface area contributed by atoms with Crippen molar-refractivity contribution in [3.63, 3.8) is 0 Å². The summed E-state index contributed by atoms with van der Waals surface area (Å²) in [5.41, 5.74) is 4.83. The van der Waals surface area contributed by atoms with E-state index in [0.717, 1.165) is 6.04 Å². The molecule has 0 bridgehead atoms. The predicted octanol–water partition coefficient (Wildman–Crippen LogP) is 1.36. The summed E-state index contributed by atoms with van der Waals surface area (Å²) in [7, 11) is -1.43. The Balaban J connectivity index is 5.33. The third-order valence-corrected chi connectivity index (χ3v) is 5.15. The van der Waals surface area contributed by atoms with Gasteiger partial charge in [0.15, 0.2) is 0 Å². The van der Waals surface area contributed by atoms with Gasteiger partial charge in [-0.3, -0.25) is 14.5 Å². The fourth-order valence-corrected chi connectivity index (χ4v) is 2.71. The number of aliphatic carboxylic acids is 2. The van der Waals surface area contributed by atoms with Crippen LogP contribution in [-0.2, 0) is 23.9 Å². The molecule has 0 saturated heterocycles. The van der Waals surface area contributed by atoms with Gasteiger partial charge in [0.1, 0.15) is 17.7 Å². The average Bonchev–Trinajstić information content (AvgIpc) is 2.46. The molecule has 4 N–H and O–H groups in total. The lowest BCUT2D eigenvalue weighted by Crippen LogP contribution is -2.54. The Bertz CT molecular complexity index is 583. The first-order chi connectivity index (χ1) is 12.5. The number of esters is 1. The highest BCUT2D eigenvalue weighted by Crippen LogP contribution is 2.15. The molecule has 0 aromatic carbocycles. The van der Waals surface area contributed by atoms with E-state index in [4.69, 9.17) is 20.3 Å². The van der Waals surface area contributed by atoms with Crippen LogP contribution in [-0.4, -0.2) is 78.0 Å². The Morgan fingerprint density at radius 1 is 1.11 bits per heavy atom. The van der Waals surface area contributed by atoms with Crippen LogP contribution in [0.15, 0.2) is 0 Å². The second-order valence-electron chi connectivity index (χ2n) is 8.67. The van der Waals surface area contributed by atoms with Gasteiger partial charge in [0, 0.05) is 8.07 Å². The lowest BCUT2D eigenvalue weighted by molar-refractivity contribution is -0.151. The lowest BCUT2D eigenvalue weighted by atomic mass is 10.1. The van der Waals surface area contributed by atoms with Crippen LogP contribution in [0.1, 0.15) is 27.2 Å². The molecule has 0 aromatic rings. The zero-order valence-corrected chi connectivity index (χ0v) is 18.4. The summed E-state index contributed by atoms with van der Waals surface area (Å²) in [6.45, 7) is 10.6. The summed E-state index contributed by atoms with van der Waals surface area (Å²) in [6, 6.07) is -2.36. The predicted molar refractivity (Wildman–Crippen MR) is 104 cm³/mol. The van der Waals surface area contributed by atoms with Crippen molar-refractivity contribution >= 4 is 32.1 Å². The maximum Gasteiger partial charge on any atom is 0.411 e. The second-order valence-corrected chi connectivity index (χ2v) is 14.3. The highest BCUT2D eigenvalue weighted by Gasteiger charge is 2.37. The lowest BCUT2D eigenvalue weighted by Gasteiger charge is -2.32. The standard InChI is InChI=1S/C17H32N2O8Si/c1-17(2,3)27-16(25)19(12(14(22)23)9-13(20)21)10-11(18)15(24)26-7-8-28(4,5)6/h11-12H,7-10,18H2,1-6H3,(H,20,21)(H,22,23). The Kier molecular flexibility index (Phi) is 9.62. The van der Waals surface area contributed by atoms with Gasteiger partial charge in [-0.1, -0.05) is 19.6 Å². The van der Waals surface area contributed by atoms with Gasteiger partial charge in [-0.2, -0.15) is 0 Å². The largest absolute Gasteiger partial charge is 0.481 e. The van der Waals surface area contributed by atoms with Crippen molar-refractivity contribution < 1.29 is 38.9 Å². The van der Waals surface area contributed by atoms with Crippen LogP contribution >= 0.6 is 0 Å². The molecule has 162 valence electrons. The number of rotatable bonds is 10. The van der Waals surface area contributed by atoms with E-state index in [-0.39, 0.29) is 6.61 Å². The minimum atomic E-state index is -1.74. The molecule has 0 spiro atoms. The fraction of sp³-hybridized carbons (Fsp3) is 0.765. The quantitative estimate of drug-likeness (QED) is 0.350. The van der Waals surface area contributed by atoms with E-state index in [1.165, 1.54) is 0 Å². The summed E-state index contributed by atoms with van der Waals surface area (Å²) >= 11 is 0. The van der Waals surface area contributed by atoms with Gasteiger partial charge in [0.2, 0.25) is 0 Å². The molecule has 0 aromatic heterocycles. The number of nitrogens with two attached hydrogens (primary N) is 1. The van der Waals surface area contributed by atoms with E-state index in [0.29, 0.717) is 4.90 Å². The first-order valence-electron chi connectivity index (χ1n) is 8.90. The maximum absolute atomic E-state index is 12.4. The van der Waals surface area contributed by atoms with E-state index in [1.807, 2.05) is 0 Å². The van der Waals surface area contributed by atoms with Gasteiger partial charge < -0.3 is 25.4 Å². The first kappa shape index (κ1) is 25.9. The van der Waals surface area contributed by atoms with Crippen molar-refractivity contribution in [2.45, 2.75) is 70.6 Å². The molecule has 2 unspecified atom stereocenters. The van der Waals surface area contributed by atoms with E-state index in [2.05, 4.69) is 19.6 Å². The summed E-state index contributed by atoms with van der Waals surface area (Å²) in [5.74, 6) is -3.77. The Morgan fingerprint density at radius 2 is 1.64 bits per heavy atom. The van der Waals surface area contributed by atoms with Crippen LogP contribution in [0.25, 0.3) is 0 Å². The SMILES string of the molecule is CC(C)(C)OC(=O)N(CC(N)C(=O)OCC[Si](C)(C)C)C(CC(=O)O)C(=O)O. The van der Waals surface area contributed by atoms with Gasteiger partial charge in [-0.25, -0.2) is 9.59 Å². The molecular formula is C17H32N2O8Si. The number of amides is 1. The summed E-state index contributed by atoms with van der Waals surface area (Å²) < 4.78 is 10.3. The zero-order chi connectivity index (χ0) is 22.3. The van der Waals surface area contributed by atoms with Crippen LogP contribution in [0.4, 0.5) is 4.79 Å². The maximum atomic E-state index is 12.4. The Morgan fingerprint density at radius 3 is 2.04 bits per heavy atom. The van der Waals surface area contributed by atoms with E-state index >= 15 is 0 Å². The van der Waals surface area contributed by atoms with Crippen molar-refractivity contribution in [2.24, 2.45) is 5.73 Å². The van der Waals surface area contributed by atoms with Crippen LogP contribution in [0.5, 0.6) is 0 Å². The van der Waals surface area contributed by atoms with Gasteiger partial charge in [0.05, 0.1) is 19.6 Å². The molecule has 0 aliphatic heterocycles.